The van der Waals surface area contributed by atoms with Crippen LogP contribution < -0.4 is 21.7 Å². The molecule has 168 valence electrons. The molecule has 0 bridgehead atoms. The summed E-state index contributed by atoms with van der Waals surface area (Å²) in [5.41, 5.74) is 7.50. The molecular formula is C23H29N7O2. The molecule has 1 aromatic carbocycles. The van der Waals surface area contributed by atoms with E-state index in [0.29, 0.717) is 34.6 Å². The summed E-state index contributed by atoms with van der Waals surface area (Å²) in [6.07, 6.45) is 4.29. The smallest absolute Gasteiger partial charge is 0.257 e. The number of carbonyl (C=O) groups excluding carboxylic acids is 2. The van der Waals surface area contributed by atoms with Crippen molar-refractivity contribution in [2.75, 3.05) is 22.9 Å². The molecule has 3 aromatic rings. The maximum atomic E-state index is 12.6. The molecule has 2 aromatic heterocycles. The van der Waals surface area contributed by atoms with Crippen LogP contribution in [0.2, 0.25) is 0 Å². The van der Waals surface area contributed by atoms with Gasteiger partial charge >= 0.3 is 0 Å². The van der Waals surface area contributed by atoms with Gasteiger partial charge in [0.25, 0.3) is 5.91 Å². The number of benzene rings is 1. The number of hydrogen-bond acceptors (Lipinski definition) is 7. The van der Waals surface area contributed by atoms with E-state index >= 15 is 0 Å². The molecule has 0 radical (unpaired) electrons. The van der Waals surface area contributed by atoms with Crippen LogP contribution in [0.3, 0.4) is 0 Å². The average molecular weight is 436 g/mol. The Hall–Kier alpha value is -3.75. The van der Waals surface area contributed by atoms with Crippen LogP contribution in [-0.2, 0) is 4.79 Å². The van der Waals surface area contributed by atoms with Gasteiger partial charge < -0.3 is 21.7 Å². The molecule has 0 saturated carbocycles. The molecule has 9 nitrogen and oxygen atoms in total. The number of pyridine rings is 1. The van der Waals surface area contributed by atoms with E-state index in [1.807, 2.05) is 25.1 Å². The molecule has 0 saturated heterocycles. The summed E-state index contributed by atoms with van der Waals surface area (Å²) in [5, 5.41) is 9.12. The maximum absolute atomic E-state index is 12.6. The summed E-state index contributed by atoms with van der Waals surface area (Å²) in [4.78, 5) is 37.2. The summed E-state index contributed by atoms with van der Waals surface area (Å²) in [6.45, 7) is 6.04. The monoisotopic (exact) mass is 435 g/mol. The van der Waals surface area contributed by atoms with E-state index in [9.17, 15) is 9.59 Å². The number of nitrogen functional groups attached to an aromatic ring is 1. The molecule has 5 N–H and O–H groups in total. The van der Waals surface area contributed by atoms with Gasteiger partial charge in [-0.2, -0.15) is 4.98 Å². The largest absolute Gasteiger partial charge is 0.368 e. The van der Waals surface area contributed by atoms with E-state index < -0.39 is 5.54 Å². The molecule has 0 fully saturated rings. The lowest BCUT2D eigenvalue weighted by atomic mass is 9.94. The molecule has 0 aliphatic heterocycles. The lowest BCUT2D eigenvalue weighted by Crippen LogP contribution is -2.46. The lowest BCUT2D eigenvalue weighted by Gasteiger charge is -2.32. The second kappa shape index (κ2) is 10.0. The molecule has 32 heavy (non-hydrogen) atoms. The molecule has 2 amide bonds. The van der Waals surface area contributed by atoms with Crippen molar-refractivity contribution in [2.24, 2.45) is 0 Å². The summed E-state index contributed by atoms with van der Waals surface area (Å²) in [7, 11) is 0. The zero-order valence-corrected chi connectivity index (χ0v) is 18.6. The second-order valence-electron chi connectivity index (χ2n) is 8.04. The van der Waals surface area contributed by atoms with E-state index in [-0.39, 0.29) is 17.8 Å². The fourth-order valence-electron chi connectivity index (χ4n) is 3.34. The summed E-state index contributed by atoms with van der Waals surface area (Å²) < 4.78 is 0. The van der Waals surface area contributed by atoms with Crippen LogP contribution in [0, 0.1) is 0 Å². The van der Waals surface area contributed by atoms with Crippen LogP contribution >= 0.6 is 0 Å². The zero-order chi connectivity index (χ0) is 23.1. The molecule has 0 aliphatic rings. The molecule has 0 unspecified atom stereocenters. The topological polar surface area (TPSA) is 135 Å². The number of unbranched alkanes of at least 4 members (excludes halogenated alkanes) is 1. The average Bonchev–Trinajstić information content (AvgIpc) is 2.76. The number of hydrogen-bond donors (Lipinski definition) is 4. The first-order valence-corrected chi connectivity index (χ1v) is 10.6. The van der Waals surface area contributed by atoms with Crippen LogP contribution in [0.4, 0.5) is 17.5 Å². The number of anilines is 3. The van der Waals surface area contributed by atoms with Gasteiger partial charge in [-0.25, -0.2) is 9.97 Å². The number of amides is 2. The Kier molecular flexibility index (Phi) is 7.19. The molecule has 3 rings (SSSR count). The fourth-order valence-corrected chi connectivity index (χ4v) is 3.34. The minimum atomic E-state index is -0.458. The highest BCUT2D eigenvalue weighted by Crippen LogP contribution is 2.26. The van der Waals surface area contributed by atoms with Gasteiger partial charge in [-0.15, -0.1) is 0 Å². The van der Waals surface area contributed by atoms with Crippen LogP contribution in [0.25, 0.3) is 11.0 Å². The highest BCUT2D eigenvalue weighted by molar-refractivity contribution is 6.06. The minimum absolute atomic E-state index is 0.0692. The predicted octanol–water partition coefficient (Wildman–Crippen LogP) is 3.36. The predicted molar refractivity (Wildman–Crippen MR) is 126 cm³/mol. The third kappa shape index (κ3) is 5.90. The molecule has 1 atom stereocenters. The van der Waals surface area contributed by atoms with Crippen molar-refractivity contribution in [2.45, 2.75) is 45.6 Å². The van der Waals surface area contributed by atoms with Crippen molar-refractivity contribution in [3.63, 3.8) is 0 Å². The van der Waals surface area contributed by atoms with Gasteiger partial charge in [-0.05, 0) is 31.5 Å². The number of nitrogens with zero attached hydrogens (tertiary/aromatic N) is 3. The molecule has 2 heterocycles. The zero-order valence-electron chi connectivity index (χ0n) is 18.6. The Morgan fingerprint density at radius 1 is 1.16 bits per heavy atom. The highest BCUT2D eigenvalue weighted by Gasteiger charge is 2.26. The number of rotatable bonds is 9. The Bertz CT molecular complexity index is 1100. The van der Waals surface area contributed by atoms with Gasteiger partial charge in [0.1, 0.15) is 5.52 Å². The van der Waals surface area contributed by atoms with Gasteiger partial charge in [0.05, 0.1) is 16.6 Å². The quantitative estimate of drug-likeness (QED) is 0.405. The van der Waals surface area contributed by atoms with E-state index in [4.69, 9.17) is 5.73 Å². The number of carbonyl (C=O) groups is 2. The fraction of sp³-hybridized carbons (Fsp3) is 0.348. The third-order valence-electron chi connectivity index (χ3n) is 5.08. The first kappa shape index (κ1) is 22.9. The van der Waals surface area contributed by atoms with Gasteiger partial charge in [-0.3, -0.25) is 9.59 Å². The summed E-state index contributed by atoms with van der Waals surface area (Å²) in [6, 6.07) is 10.8. The molecule has 0 aliphatic carbocycles. The highest BCUT2D eigenvalue weighted by atomic mass is 16.2. The molecule has 0 spiro atoms. The number of nitrogens with one attached hydrogen (secondary N) is 3. The van der Waals surface area contributed by atoms with Crippen LogP contribution in [0.1, 0.15) is 50.4 Å². The Balaban J connectivity index is 1.90. The van der Waals surface area contributed by atoms with E-state index in [1.54, 1.807) is 18.2 Å². The Morgan fingerprint density at radius 2 is 1.91 bits per heavy atom. The Labute approximate surface area is 187 Å². The minimum Gasteiger partial charge on any atom is -0.368 e. The third-order valence-corrected chi connectivity index (χ3v) is 5.08. The van der Waals surface area contributed by atoms with Gasteiger partial charge in [0, 0.05) is 25.4 Å². The molecule has 9 heteroatoms. The van der Waals surface area contributed by atoms with E-state index in [1.165, 1.54) is 13.1 Å². The number of aromatic nitrogens is 3. The van der Waals surface area contributed by atoms with Crippen LogP contribution in [0.5, 0.6) is 0 Å². The second-order valence-corrected chi connectivity index (χ2v) is 8.04. The van der Waals surface area contributed by atoms with Crippen LogP contribution in [-0.4, -0.2) is 38.8 Å². The maximum Gasteiger partial charge on any atom is 0.257 e. The normalized spacial score (nSPS) is 12.7. The lowest BCUT2D eigenvalue weighted by molar-refractivity contribution is -0.119. The van der Waals surface area contributed by atoms with Crippen molar-refractivity contribution in [1.29, 1.82) is 0 Å². The Morgan fingerprint density at radius 3 is 2.59 bits per heavy atom. The van der Waals surface area contributed by atoms with Crippen molar-refractivity contribution >= 4 is 40.3 Å². The molecular weight excluding hydrogens is 406 g/mol. The van der Waals surface area contributed by atoms with Gasteiger partial charge in [0.15, 0.2) is 5.82 Å². The van der Waals surface area contributed by atoms with Gasteiger partial charge in [-0.1, -0.05) is 38.0 Å². The van der Waals surface area contributed by atoms with E-state index in [2.05, 4.69) is 37.8 Å². The standard InChI is InChI=1S/C23H29N7O2/c1-4-5-11-23(3,14-26-15(2)31)30-20-19-18(28-22(24)29-20)12-16(13-25-19)21(32)27-17-9-7-6-8-10-17/h6-10,12-13H,4-5,11,14H2,1-3H3,(H,26,31)(H,27,32)(H3,24,28,29,30)/t23-/m1/s1. The summed E-state index contributed by atoms with van der Waals surface area (Å²) >= 11 is 0. The van der Waals surface area contributed by atoms with Crippen LogP contribution in [0.15, 0.2) is 42.6 Å². The summed E-state index contributed by atoms with van der Waals surface area (Å²) in [5.74, 6) is 0.135. The van der Waals surface area contributed by atoms with Gasteiger partial charge in [0.2, 0.25) is 11.9 Å². The SMILES string of the molecule is CCCC[C@](C)(CNC(C)=O)Nc1nc(N)nc2cc(C(=O)Nc3ccccc3)cnc12. The number of fused-ring (bicyclic) bond motifs is 1. The van der Waals surface area contributed by atoms with Crippen molar-refractivity contribution in [3.8, 4) is 0 Å². The van der Waals surface area contributed by atoms with E-state index in [0.717, 1.165) is 19.3 Å². The van der Waals surface area contributed by atoms with Crippen molar-refractivity contribution in [3.05, 3.63) is 48.2 Å². The van der Waals surface area contributed by atoms with Crippen molar-refractivity contribution < 1.29 is 9.59 Å². The first-order valence-electron chi connectivity index (χ1n) is 10.6. The first-order chi connectivity index (χ1) is 15.3. The van der Waals surface area contributed by atoms with Crippen molar-refractivity contribution in [1.82, 2.24) is 20.3 Å². The number of para-hydroxylation sites is 1. The number of nitrogens with two attached hydrogens (primary N) is 1.